The van der Waals surface area contributed by atoms with E-state index in [0.717, 1.165) is 49.3 Å². The molecule has 6 rings (SSSR count). The number of thiazole rings is 1. The Bertz CT molecular complexity index is 1770. The highest BCUT2D eigenvalue weighted by Gasteiger charge is 2.12. The number of rotatable bonds is 5. The Morgan fingerprint density at radius 3 is 2.50 bits per heavy atom. The van der Waals surface area contributed by atoms with E-state index in [-0.39, 0.29) is 5.56 Å². The molecule has 0 N–H and O–H groups in total. The van der Waals surface area contributed by atoms with Crippen molar-refractivity contribution in [3.63, 3.8) is 0 Å². The molecule has 0 spiro atoms. The second-order valence-electron chi connectivity index (χ2n) is 8.50. The van der Waals surface area contributed by atoms with Crippen LogP contribution in [0, 0.1) is 13.8 Å². The average molecular weight is 466 g/mol. The van der Waals surface area contributed by atoms with Gasteiger partial charge in [-0.3, -0.25) is 4.79 Å². The van der Waals surface area contributed by atoms with Crippen LogP contribution in [0.4, 0.5) is 0 Å². The summed E-state index contributed by atoms with van der Waals surface area (Å²) in [6, 6.07) is 22.2. The SMILES string of the molecule is Cc1cccc(C)c1OCCn1cc(/C=c2\sc3nc4ccccc4n3c2=O)c2ccccc21. The number of fused-ring (bicyclic) bond motifs is 4. The van der Waals surface area contributed by atoms with Crippen LogP contribution in [0.3, 0.4) is 0 Å². The van der Waals surface area contributed by atoms with Crippen molar-refractivity contribution < 1.29 is 4.74 Å². The van der Waals surface area contributed by atoms with Crippen molar-refractivity contribution in [1.29, 1.82) is 0 Å². The van der Waals surface area contributed by atoms with Crippen LogP contribution in [0.25, 0.3) is 33.0 Å². The minimum absolute atomic E-state index is 0.0242. The molecule has 0 aliphatic carbocycles. The summed E-state index contributed by atoms with van der Waals surface area (Å²) in [6.45, 7) is 5.42. The van der Waals surface area contributed by atoms with Gasteiger partial charge in [0, 0.05) is 22.7 Å². The van der Waals surface area contributed by atoms with Crippen molar-refractivity contribution >= 4 is 44.3 Å². The Balaban J connectivity index is 1.38. The molecule has 0 bridgehead atoms. The summed E-state index contributed by atoms with van der Waals surface area (Å²) in [6.07, 6.45) is 4.10. The van der Waals surface area contributed by atoms with E-state index in [1.54, 1.807) is 4.40 Å². The smallest absolute Gasteiger partial charge is 0.274 e. The quantitative estimate of drug-likeness (QED) is 0.356. The molecule has 0 saturated heterocycles. The second-order valence-corrected chi connectivity index (χ2v) is 9.51. The van der Waals surface area contributed by atoms with Gasteiger partial charge in [-0.05, 0) is 49.2 Å². The lowest BCUT2D eigenvalue weighted by Gasteiger charge is -2.12. The molecule has 0 saturated carbocycles. The Morgan fingerprint density at radius 1 is 0.941 bits per heavy atom. The number of nitrogens with zero attached hydrogens (tertiary/aromatic N) is 3. The molecule has 3 aromatic heterocycles. The van der Waals surface area contributed by atoms with Crippen molar-refractivity contribution in [2.24, 2.45) is 0 Å². The van der Waals surface area contributed by atoms with E-state index in [2.05, 4.69) is 53.9 Å². The molecule has 168 valence electrons. The zero-order valence-corrected chi connectivity index (χ0v) is 19.8. The first-order chi connectivity index (χ1) is 16.6. The van der Waals surface area contributed by atoms with Crippen LogP contribution < -0.4 is 14.8 Å². The van der Waals surface area contributed by atoms with Crippen molar-refractivity contribution in [3.8, 4) is 5.75 Å². The monoisotopic (exact) mass is 465 g/mol. The largest absolute Gasteiger partial charge is 0.491 e. The van der Waals surface area contributed by atoms with Gasteiger partial charge in [0.2, 0.25) is 0 Å². The zero-order chi connectivity index (χ0) is 23.2. The molecule has 3 heterocycles. The maximum Gasteiger partial charge on any atom is 0.274 e. The highest BCUT2D eigenvalue weighted by atomic mass is 32.1. The Labute approximate surface area is 200 Å². The van der Waals surface area contributed by atoms with Crippen molar-refractivity contribution in [1.82, 2.24) is 14.0 Å². The third-order valence-electron chi connectivity index (χ3n) is 6.24. The van der Waals surface area contributed by atoms with Crippen molar-refractivity contribution in [2.45, 2.75) is 20.4 Å². The van der Waals surface area contributed by atoms with Crippen LogP contribution in [0.2, 0.25) is 0 Å². The molecule has 6 heteroatoms. The number of aryl methyl sites for hydroxylation is 2. The average Bonchev–Trinajstić information content (AvgIpc) is 3.47. The van der Waals surface area contributed by atoms with E-state index in [0.29, 0.717) is 17.7 Å². The molecule has 5 nitrogen and oxygen atoms in total. The lowest BCUT2D eigenvalue weighted by atomic mass is 10.1. The Hall–Kier alpha value is -3.90. The first kappa shape index (κ1) is 20.7. The first-order valence-electron chi connectivity index (χ1n) is 11.3. The van der Waals surface area contributed by atoms with E-state index in [4.69, 9.17) is 4.74 Å². The summed E-state index contributed by atoms with van der Waals surface area (Å²) >= 11 is 1.43. The van der Waals surface area contributed by atoms with Gasteiger partial charge < -0.3 is 9.30 Å². The van der Waals surface area contributed by atoms with E-state index in [1.807, 2.05) is 48.5 Å². The predicted octanol–water partition coefficient (Wildman–Crippen LogP) is 5.11. The summed E-state index contributed by atoms with van der Waals surface area (Å²) in [7, 11) is 0. The lowest BCUT2D eigenvalue weighted by molar-refractivity contribution is 0.296. The van der Waals surface area contributed by atoms with Crippen LogP contribution in [0.15, 0.2) is 77.7 Å². The maximum absolute atomic E-state index is 13.2. The van der Waals surface area contributed by atoms with Crippen LogP contribution in [0.1, 0.15) is 16.7 Å². The zero-order valence-electron chi connectivity index (χ0n) is 19.0. The number of aromatic nitrogens is 3. The summed E-state index contributed by atoms with van der Waals surface area (Å²) in [5.74, 6) is 0.955. The molecule has 34 heavy (non-hydrogen) atoms. The molecule has 3 aromatic carbocycles. The fourth-order valence-electron chi connectivity index (χ4n) is 4.60. The minimum Gasteiger partial charge on any atom is -0.491 e. The summed E-state index contributed by atoms with van der Waals surface area (Å²) < 4.78 is 10.7. The van der Waals surface area contributed by atoms with E-state index >= 15 is 0 Å². The van der Waals surface area contributed by atoms with Crippen LogP contribution in [0.5, 0.6) is 5.75 Å². The Kier molecular flexibility index (Phi) is 4.96. The molecule has 0 fully saturated rings. The van der Waals surface area contributed by atoms with Gasteiger partial charge in [-0.15, -0.1) is 0 Å². The van der Waals surface area contributed by atoms with E-state index in [9.17, 15) is 4.79 Å². The standard InChI is InChI=1S/C28H23N3O2S/c1-18-8-7-9-19(2)26(18)33-15-14-30-17-20(21-10-3-5-12-23(21)30)16-25-27(32)31-24-13-6-4-11-22(24)29-28(31)34-25/h3-13,16-17H,14-15H2,1-2H3/b25-16-. The van der Waals surface area contributed by atoms with Crippen molar-refractivity contribution in [2.75, 3.05) is 6.61 Å². The van der Waals surface area contributed by atoms with Gasteiger partial charge in [0.15, 0.2) is 4.96 Å². The molecule has 0 radical (unpaired) electrons. The highest BCUT2D eigenvalue weighted by Crippen LogP contribution is 2.24. The number of imidazole rings is 1. The molecular formula is C28H23N3O2S. The number of para-hydroxylation sites is 4. The van der Waals surface area contributed by atoms with Gasteiger partial charge in [-0.1, -0.05) is 59.9 Å². The van der Waals surface area contributed by atoms with E-state index in [1.165, 1.54) is 11.3 Å². The highest BCUT2D eigenvalue weighted by molar-refractivity contribution is 7.15. The number of ether oxygens (including phenoxy) is 1. The fourth-order valence-corrected chi connectivity index (χ4v) is 5.58. The molecule has 0 aliphatic rings. The van der Waals surface area contributed by atoms with E-state index < -0.39 is 0 Å². The molecule has 0 atom stereocenters. The molecule has 0 unspecified atom stereocenters. The summed E-state index contributed by atoms with van der Waals surface area (Å²) in [5, 5.41) is 1.12. The normalized spacial score (nSPS) is 12.4. The molecular weight excluding hydrogens is 442 g/mol. The van der Waals surface area contributed by atoms with Gasteiger partial charge in [0.25, 0.3) is 5.56 Å². The Morgan fingerprint density at radius 2 is 1.68 bits per heavy atom. The number of hydrogen-bond donors (Lipinski definition) is 0. The van der Waals surface area contributed by atoms with Gasteiger partial charge in [-0.2, -0.15) is 0 Å². The van der Waals surface area contributed by atoms with Gasteiger partial charge in [0.1, 0.15) is 12.4 Å². The minimum atomic E-state index is -0.0242. The second kappa shape index (κ2) is 8.15. The summed E-state index contributed by atoms with van der Waals surface area (Å²) in [4.78, 5) is 18.6. The number of hydrogen-bond acceptors (Lipinski definition) is 4. The predicted molar refractivity (Wildman–Crippen MR) is 139 cm³/mol. The third-order valence-corrected chi connectivity index (χ3v) is 7.21. The fraction of sp³-hybridized carbons (Fsp3) is 0.143. The van der Waals surface area contributed by atoms with Crippen LogP contribution >= 0.6 is 11.3 Å². The van der Waals surface area contributed by atoms with Crippen LogP contribution in [-0.2, 0) is 6.54 Å². The third kappa shape index (κ3) is 3.38. The lowest BCUT2D eigenvalue weighted by Crippen LogP contribution is -2.22. The molecule has 6 aromatic rings. The van der Waals surface area contributed by atoms with Gasteiger partial charge in [0.05, 0.1) is 22.1 Å². The number of benzene rings is 3. The topological polar surface area (TPSA) is 48.5 Å². The summed E-state index contributed by atoms with van der Waals surface area (Å²) in [5.41, 5.74) is 6.10. The van der Waals surface area contributed by atoms with Gasteiger partial charge >= 0.3 is 0 Å². The van der Waals surface area contributed by atoms with Gasteiger partial charge in [-0.25, -0.2) is 9.38 Å². The maximum atomic E-state index is 13.2. The van der Waals surface area contributed by atoms with Crippen molar-refractivity contribution in [3.05, 3.63) is 105 Å². The molecule has 0 aliphatic heterocycles. The molecule has 0 amide bonds. The van der Waals surface area contributed by atoms with Crippen LogP contribution in [-0.4, -0.2) is 20.6 Å². The first-order valence-corrected chi connectivity index (χ1v) is 12.1.